The Kier molecular flexibility index (Phi) is 5.81. The topological polar surface area (TPSA) is 47.6 Å². The Morgan fingerprint density at radius 3 is 2.52 bits per heavy atom. The van der Waals surface area contributed by atoms with Gasteiger partial charge in [0.25, 0.3) is 0 Å². The van der Waals surface area contributed by atoms with E-state index in [0.717, 1.165) is 11.1 Å². The van der Waals surface area contributed by atoms with Crippen LogP contribution in [0.15, 0.2) is 46.9 Å². The SMILES string of the molecule is CC(C)c1ccccc1C1(C(=O)Nc2ccc(Br)cc2OC(F)F)COC1. The minimum absolute atomic E-state index is 0.0970. The summed E-state index contributed by atoms with van der Waals surface area (Å²) in [6.45, 7) is 1.62. The number of hydrogen-bond donors (Lipinski definition) is 1. The van der Waals surface area contributed by atoms with Crippen LogP contribution in [0.25, 0.3) is 0 Å². The molecule has 4 nitrogen and oxygen atoms in total. The van der Waals surface area contributed by atoms with Crippen molar-refractivity contribution >= 4 is 27.5 Å². The van der Waals surface area contributed by atoms with Crippen molar-refractivity contribution in [1.29, 1.82) is 0 Å². The number of carbonyl (C=O) groups excluding carboxylic acids is 1. The maximum Gasteiger partial charge on any atom is 0.387 e. The highest BCUT2D eigenvalue weighted by atomic mass is 79.9. The average Bonchev–Trinajstić information content (AvgIpc) is 2.56. The third kappa shape index (κ3) is 3.99. The molecule has 1 aliphatic rings. The zero-order chi connectivity index (χ0) is 19.6. The molecule has 1 aliphatic heterocycles. The fraction of sp³-hybridized carbons (Fsp3) is 0.350. The Labute approximate surface area is 165 Å². The van der Waals surface area contributed by atoms with Gasteiger partial charge in [0.2, 0.25) is 5.91 Å². The highest BCUT2D eigenvalue weighted by molar-refractivity contribution is 9.10. The Balaban J connectivity index is 1.94. The van der Waals surface area contributed by atoms with E-state index in [1.807, 2.05) is 24.3 Å². The van der Waals surface area contributed by atoms with Crippen LogP contribution in [0.2, 0.25) is 0 Å². The Bertz CT molecular complexity index is 838. The zero-order valence-electron chi connectivity index (χ0n) is 15.0. The molecule has 1 N–H and O–H groups in total. The van der Waals surface area contributed by atoms with Gasteiger partial charge in [-0.3, -0.25) is 4.79 Å². The number of rotatable bonds is 6. The predicted octanol–water partition coefficient (Wildman–Crippen LogP) is 5.08. The highest BCUT2D eigenvalue weighted by Crippen LogP contribution is 2.39. The van der Waals surface area contributed by atoms with Gasteiger partial charge in [-0.1, -0.05) is 54.0 Å². The van der Waals surface area contributed by atoms with Crippen LogP contribution in [0.1, 0.15) is 30.9 Å². The summed E-state index contributed by atoms with van der Waals surface area (Å²) >= 11 is 3.22. The van der Waals surface area contributed by atoms with Gasteiger partial charge in [-0.25, -0.2) is 0 Å². The maximum absolute atomic E-state index is 13.2. The first-order chi connectivity index (χ1) is 12.8. The second kappa shape index (κ2) is 7.94. The number of ether oxygens (including phenoxy) is 2. The lowest BCUT2D eigenvalue weighted by atomic mass is 9.73. The smallest absolute Gasteiger partial charge is 0.387 e. The van der Waals surface area contributed by atoms with Gasteiger partial charge < -0.3 is 14.8 Å². The number of benzene rings is 2. The predicted molar refractivity (Wildman–Crippen MR) is 102 cm³/mol. The monoisotopic (exact) mass is 439 g/mol. The molecule has 1 amide bonds. The average molecular weight is 440 g/mol. The summed E-state index contributed by atoms with van der Waals surface area (Å²) in [6, 6.07) is 12.3. The molecule has 1 heterocycles. The largest absolute Gasteiger partial charge is 0.433 e. The fourth-order valence-corrected chi connectivity index (χ4v) is 3.53. The van der Waals surface area contributed by atoms with Crippen LogP contribution in [0.3, 0.4) is 0 Å². The van der Waals surface area contributed by atoms with Gasteiger partial charge in [0.15, 0.2) is 5.75 Å². The Morgan fingerprint density at radius 2 is 1.93 bits per heavy atom. The van der Waals surface area contributed by atoms with Crippen LogP contribution >= 0.6 is 15.9 Å². The van der Waals surface area contributed by atoms with Gasteiger partial charge in [0, 0.05) is 4.47 Å². The van der Waals surface area contributed by atoms with Crippen molar-refractivity contribution in [2.45, 2.75) is 31.8 Å². The molecule has 1 fully saturated rings. The fourth-order valence-electron chi connectivity index (χ4n) is 3.19. The summed E-state index contributed by atoms with van der Waals surface area (Å²) in [7, 11) is 0. The van der Waals surface area contributed by atoms with E-state index in [9.17, 15) is 13.6 Å². The molecule has 0 saturated carbocycles. The quantitative estimate of drug-likeness (QED) is 0.682. The maximum atomic E-state index is 13.2. The Morgan fingerprint density at radius 1 is 1.22 bits per heavy atom. The molecule has 2 aromatic rings. The second-order valence-corrected chi connectivity index (χ2v) is 7.71. The summed E-state index contributed by atoms with van der Waals surface area (Å²) in [4.78, 5) is 13.2. The van der Waals surface area contributed by atoms with Crippen LogP contribution in [0.4, 0.5) is 14.5 Å². The number of anilines is 1. The molecule has 0 atom stereocenters. The van der Waals surface area contributed by atoms with E-state index in [1.54, 1.807) is 6.07 Å². The normalized spacial score (nSPS) is 15.5. The van der Waals surface area contributed by atoms with Crippen molar-refractivity contribution in [2.75, 3.05) is 18.5 Å². The van der Waals surface area contributed by atoms with Crippen LogP contribution in [-0.2, 0) is 14.9 Å². The third-order valence-corrected chi connectivity index (χ3v) is 5.13. The summed E-state index contributed by atoms with van der Waals surface area (Å²) in [5, 5.41) is 2.75. The van der Waals surface area contributed by atoms with E-state index in [-0.39, 0.29) is 36.5 Å². The number of alkyl halides is 2. The number of amides is 1. The first-order valence-electron chi connectivity index (χ1n) is 8.56. The van der Waals surface area contributed by atoms with Gasteiger partial charge in [-0.05, 0) is 35.2 Å². The molecule has 7 heteroatoms. The molecule has 0 aromatic heterocycles. The summed E-state index contributed by atoms with van der Waals surface area (Å²) < 4.78 is 35.9. The number of hydrogen-bond acceptors (Lipinski definition) is 3. The molecular weight excluding hydrogens is 420 g/mol. The molecule has 27 heavy (non-hydrogen) atoms. The zero-order valence-corrected chi connectivity index (χ0v) is 16.6. The van der Waals surface area contributed by atoms with Crippen molar-refractivity contribution in [1.82, 2.24) is 0 Å². The first-order valence-corrected chi connectivity index (χ1v) is 9.36. The van der Waals surface area contributed by atoms with Crippen LogP contribution < -0.4 is 10.1 Å². The van der Waals surface area contributed by atoms with E-state index in [0.29, 0.717) is 4.47 Å². The molecule has 0 aliphatic carbocycles. The molecule has 1 saturated heterocycles. The standard InChI is InChI=1S/C20H20BrF2NO3/c1-12(2)14-5-3-4-6-15(14)20(10-26-11-20)18(25)24-16-8-7-13(21)9-17(16)27-19(22)23/h3-9,12,19H,10-11H2,1-2H3,(H,24,25). The lowest BCUT2D eigenvalue weighted by Gasteiger charge is -2.41. The van der Waals surface area contributed by atoms with Gasteiger partial charge >= 0.3 is 6.61 Å². The molecule has 0 bridgehead atoms. The number of carbonyl (C=O) groups is 1. The lowest BCUT2D eigenvalue weighted by Crippen LogP contribution is -2.56. The third-order valence-electron chi connectivity index (χ3n) is 4.64. The van der Waals surface area contributed by atoms with Crippen LogP contribution in [0, 0.1) is 0 Å². The lowest BCUT2D eigenvalue weighted by molar-refractivity contribution is -0.139. The minimum atomic E-state index is -2.99. The van der Waals surface area contributed by atoms with E-state index in [4.69, 9.17) is 4.74 Å². The summed E-state index contributed by atoms with van der Waals surface area (Å²) in [5.41, 5.74) is 1.31. The van der Waals surface area contributed by atoms with E-state index in [1.165, 1.54) is 12.1 Å². The number of halogens is 3. The van der Waals surface area contributed by atoms with Gasteiger partial charge in [0.05, 0.1) is 18.9 Å². The molecule has 144 valence electrons. The van der Waals surface area contributed by atoms with E-state index < -0.39 is 12.0 Å². The van der Waals surface area contributed by atoms with Crippen molar-refractivity contribution in [3.8, 4) is 5.75 Å². The number of nitrogens with one attached hydrogen (secondary N) is 1. The van der Waals surface area contributed by atoms with E-state index in [2.05, 4.69) is 39.8 Å². The summed E-state index contributed by atoms with van der Waals surface area (Å²) in [5.74, 6) is -0.166. The molecular formula is C20H20BrF2NO3. The molecule has 2 aromatic carbocycles. The Hall–Kier alpha value is -1.99. The van der Waals surface area contributed by atoms with Gasteiger partial charge in [0.1, 0.15) is 5.41 Å². The van der Waals surface area contributed by atoms with Gasteiger partial charge in [-0.15, -0.1) is 0 Å². The summed E-state index contributed by atoms with van der Waals surface area (Å²) in [6.07, 6.45) is 0. The highest BCUT2D eigenvalue weighted by Gasteiger charge is 2.49. The first kappa shape index (κ1) is 19.8. The molecule has 0 unspecified atom stereocenters. The van der Waals surface area contributed by atoms with Crippen molar-refractivity contribution in [3.05, 3.63) is 58.1 Å². The molecule has 3 rings (SSSR count). The minimum Gasteiger partial charge on any atom is -0.433 e. The van der Waals surface area contributed by atoms with Crippen LogP contribution in [-0.4, -0.2) is 25.7 Å². The molecule has 0 radical (unpaired) electrons. The van der Waals surface area contributed by atoms with Crippen LogP contribution in [0.5, 0.6) is 5.75 Å². The molecule has 0 spiro atoms. The van der Waals surface area contributed by atoms with E-state index >= 15 is 0 Å². The van der Waals surface area contributed by atoms with Crippen molar-refractivity contribution < 1.29 is 23.0 Å². The van der Waals surface area contributed by atoms with Crippen molar-refractivity contribution in [3.63, 3.8) is 0 Å². The second-order valence-electron chi connectivity index (χ2n) is 6.79. The van der Waals surface area contributed by atoms with Crippen molar-refractivity contribution in [2.24, 2.45) is 0 Å². The van der Waals surface area contributed by atoms with Gasteiger partial charge in [-0.2, -0.15) is 8.78 Å².